The maximum Gasteiger partial charge on any atom is 2.00 e. The van der Waals surface area contributed by atoms with Crippen LogP contribution in [0.4, 0.5) is 11.4 Å². The summed E-state index contributed by atoms with van der Waals surface area (Å²) in [6.07, 6.45) is 4.56. The Kier molecular flexibility index (Phi) is 19.3. The monoisotopic (exact) mass is 704 g/mol. The second kappa shape index (κ2) is 21.1. The number of hydrogen-bond donors (Lipinski definition) is 0. The van der Waals surface area contributed by atoms with E-state index in [-0.39, 0.29) is 48.9 Å². The standard InChI is InChI=1S/C29H40N2.C6H6.C4H8O.Ba/c1-18(2)24-13-11-14-25(19(3)4)28(24)30-22(9)17-23(10)31-29-26(20(5)6)15-12-16-27(29)21(7)8;1-2-4-6-5-3-1;1-2-4-5-3-1;/h11-21H,9H2,1-8,10H3;1-6H;1-4H2;/q-2;;;+2/b23-17-,30-22?;;;. The van der Waals surface area contributed by atoms with Gasteiger partial charge in [0.25, 0.3) is 0 Å². The minimum atomic E-state index is 0. The summed E-state index contributed by atoms with van der Waals surface area (Å²) in [5, 5.41) is 5.04. The van der Waals surface area contributed by atoms with E-state index in [2.05, 4.69) is 98.7 Å². The third-order valence-corrected chi connectivity index (χ3v) is 7.10. The first kappa shape index (κ1) is 39.3. The molecule has 0 aromatic heterocycles. The van der Waals surface area contributed by atoms with Gasteiger partial charge in [0.1, 0.15) is 0 Å². The van der Waals surface area contributed by atoms with Crippen molar-refractivity contribution in [1.82, 2.24) is 0 Å². The van der Waals surface area contributed by atoms with Crippen LogP contribution in [0.5, 0.6) is 0 Å². The van der Waals surface area contributed by atoms with Gasteiger partial charge in [-0.15, -0.1) is 11.4 Å². The molecule has 43 heavy (non-hydrogen) atoms. The van der Waals surface area contributed by atoms with Gasteiger partial charge in [0.2, 0.25) is 0 Å². The molecule has 0 aliphatic carbocycles. The van der Waals surface area contributed by atoms with Crippen molar-refractivity contribution in [2.24, 2.45) is 4.99 Å². The molecule has 1 aliphatic rings. The maximum atomic E-state index is 5.04. The number of aliphatic imine (C=N–C) groups is 1. The zero-order valence-corrected chi connectivity index (χ0v) is 32.8. The van der Waals surface area contributed by atoms with Gasteiger partial charge in [-0.2, -0.15) is 0 Å². The minimum Gasteiger partial charge on any atom is -0.676 e. The van der Waals surface area contributed by atoms with Crippen molar-refractivity contribution in [2.45, 2.75) is 98.8 Å². The van der Waals surface area contributed by atoms with Crippen LogP contribution in [0.1, 0.15) is 121 Å². The van der Waals surface area contributed by atoms with Crippen LogP contribution in [-0.2, 0) is 4.74 Å². The van der Waals surface area contributed by atoms with Crippen LogP contribution in [0.2, 0.25) is 0 Å². The first-order valence-electron chi connectivity index (χ1n) is 15.7. The molecule has 4 heteroatoms. The molecule has 0 bridgehead atoms. The van der Waals surface area contributed by atoms with Crippen LogP contribution in [-0.4, -0.2) is 67.8 Å². The Morgan fingerprint density at radius 1 is 0.674 bits per heavy atom. The van der Waals surface area contributed by atoms with Gasteiger partial charge in [-0.3, -0.25) is 4.99 Å². The molecule has 3 aromatic carbocycles. The first-order valence-corrected chi connectivity index (χ1v) is 15.7. The van der Waals surface area contributed by atoms with E-state index in [1.807, 2.05) is 49.4 Å². The normalized spacial score (nSPS) is 13.3. The fourth-order valence-electron chi connectivity index (χ4n) is 4.80. The molecule has 4 rings (SSSR count). The zero-order valence-electron chi connectivity index (χ0n) is 28.4. The van der Waals surface area contributed by atoms with E-state index in [4.69, 9.17) is 15.0 Å². The Morgan fingerprint density at radius 3 is 1.37 bits per heavy atom. The van der Waals surface area contributed by atoms with Crippen molar-refractivity contribution in [3.8, 4) is 0 Å². The number of benzene rings is 3. The number of rotatable bonds is 8. The topological polar surface area (TPSA) is 35.7 Å². The first-order chi connectivity index (χ1) is 20.0. The van der Waals surface area contributed by atoms with Crippen molar-refractivity contribution in [3.63, 3.8) is 0 Å². The Hall–Kier alpha value is -1.73. The van der Waals surface area contributed by atoms with Gasteiger partial charge in [0, 0.05) is 13.2 Å². The van der Waals surface area contributed by atoms with Crippen LogP contribution in [0.15, 0.2) is 89.6 Å². The zero-order chi connectivity index (χ0) is 31.1. The summed E-state index contributed by atoms with van der Waals surface area (Å²) in [7, 11) is 0. The van der Waals surface area contributed by atoms with E-state index >= 15 is 0 Å². The summed E-state index contributed by atoms with van der Waals surface area (Å²) >= 11 is 0. The summed E-state index contributed by atoms with van der Waals surface area (Å²) in [4.78, 5) is 4.97. The van der Waals surface area contributed by atoms with E-state index in [1.54, 1.807) is 0 Å². The fourth-order valence-corrected chi connectivity index (χ4v) is 4.80. The van der Waals surface area contributed by atoms with Crippen molar-refractivity contribution in [3.05, 3.63) is 119 Å². The largest absolute Gasteiger partial charge is 2.00 e. The number of allylic oxidation sites excluding steroid dienone is 2. The van der Waals surface area contributed by atoms with Crippen molar-refractivity contribution in [2.75, 3.05) is 13.2 Å². The molecule has 3 aromatic rings. The average molecular weight is 704 g/mol. The molecule has 0 saturated carbocycles. The smallest absolute Gasteiger partial charge is 0.676 e. The summed E-state index contributed by atoms with van der Waals surface area (Å²) in [6.45, 7) is 26.0. The van der Waals surface area contributed by atoms with Gasteiger partial charge >= 0.3 is 48.9 Å². The molecule has 1 fully saturated rings. The third kappa shape index (κ3) is 13.8. The van der Waals surface area contributed by atoms with E-state index in [0.717, 1.165) is 36.0 Å². The SMILES string of the molecule is C1CCOC1.[Ba+2].[CH2-]C(/C=C(/C)[N-]c1c(C(C)C)cccc1C(C)C)=Nc1c(C(C)C)cccc1C(C)C.c1ccccc1. The van der Waals surface area contributed by atoms with Gasteiger partial charge in [-0.05, 0) is 47.6 Å². The van der Waals surface area contributed by atoms with Gasteiger partial charge in [0.15, 0.2) is 0 Å². The van der Waals surface area contributed by atoms with Crippen molar-refractivity contribution < 1.29 is 4.74 Å². The summed E-state index contributed by atoms with van der Waals surface area (Å²) < 4.78 is 4.94. The number of para-hydroxylation sites is 2. The molecule has 0 amide bonds. The van der Waals surface area contributed by atoms with Crippen LogP contribution in [0, 0.1) is 6.92 Å². The number of nitrogens with zero attached hydrogens (tertiary/aromatic N) is 2. The quantitative estimate of drug-likeness (QED) is 0.131. The van der Waals surface area contributed by atoms with E-state index in [9.17, 15) is 0 Å². The Bertz CT molecular complexity index is 1170. The second-order valence-corrected chi connectivity index (χ2v) is 12.2. The Morgan fingerprint density at radius 2 is 1.05 bits per heavy atom. The molecule has 0 N–H and O–H groups in total. The minimum absolute atomic E-state index is 0. The second-order valence-electron chi connectivity index (χ2n) is 12.2. The van der Waals surface area contributed by atoms with Crippen LogP contribution in [0.3, 0.4) is 0 Å². The summed E-state index contributed by atoms with van der Waals surface area (Å²) in [5.74, 6) is 1.66. The van der Waals surface area contributed by atoms with Crippen LogP contribution < -0.4 is 0 Å². The van der Waals surface area contributed by atoms with E-state index in [0.29, 0.717) is 23.7 Å². The molecule has 0 spiro atoms. The Balaban J connectivity index is 0.000000636. The summed E-state index contributed by atoms with van der Waals surface area (Å²) in [5.41, 5.74) is 8.93. The molecular formula is C39H54BaN2O. The predicted molar refractivity (Wildman–Crippen MR) is 191 cm³/mol. The van der Waals surface area contributed by atoms with Crippen LogP contribution >= 0.6 is 0 Å². The third-order valence-electron chi connectivity index (χ3n) is 7.10. The van der Waals surface area contributed by atoms with Crippen molar-refractivity contribution in [1.29, 1.82) is 0 Å². The van der Waals surface area contributed by atoms with Gasteiger partial charge < -0.3 is 10.1 Å². The van der Waals surface area contributed by atoms with Gasteiger partial charge in [-0.1, -0.05) is 146 Å². The van der Waals surface area contributed by atoms with Crippen molar-refractivity contribution >= 4 is 66.0 Å². The van der Waals surface area contributed by atoms with Gasteiger partial charge in [-0.25, -0.2) is 18.7 Å². The molecule has 1 aliphatic heterocycles. The summed E-state index contributed by atoms with van der Waals surface area (Å²) in [6, 6.07) is 25.0. The molecular weight excluding hydrogens is 650 g/mol. The Labute approximate surface area is 304 Å². The molecule has 3 nitrogen and oxygen atoms in total. The van der Waals surface area contributed by atoms with E-state index < -0.39 is 0 Å². The predicted octanol–water partition coefficient (Wildman–Crippen LogP) is 11.8. The number of hydrogen-bond acceptors (Lipinski definition) is 2. The molecule has 228 valence electrons. The van der Waals surface area contributed by atoms with Gasteiger partial charge in [0.05, 0.1) is 5.69 Å². The molecule has 0 atom stereocenters. The maximum absolute atomic E-state index is 5.04. The molecule has 1 saturated heterocycles. The van der Waals surface area contributed by atoms with E-state index in [1.165, 1.54) is 35.1 Å². The number of ether oxygens (including phenoxy) is 1. The molecule has 1 heterocycles. The molecule has 0 radical (unpaired) electrons. The fraction of sp³-hybridized carbons (Fsp3) is 0.436. The van der Waals surface area contributed by atoms with Crippen LogP contribution in [0.25, 0.3) is 5.32 Å². The average Bonchev–Trinajstić information content (AvgIpc) is 3.54. The molecule has 0 unspecified atom stereocenters.